The molecule has 0 aliphatic carbocycles. The Morgan fingerprint density at radius 3 is 2.52 bits per heavy atom. The molecule has 0 saturated heterocycles. The molecule has 0 aliphatic rings. The lowest BCUT2D eigenvalue weighted by Crippen LogP contribution is -2.26. The van der Waals surface area contributed by atoms with E-state index < -0.39 is 6.61 Å². The van der Waals surface area contributed by atoms with Gasteiger partial charge in [-0.05, 0) is 42.8 Å². The molecule has 0 saturated carbocycles. The van der Waals surface area contributed by atoms with Gasteiger partial charge in [-0.3, -0.25) is 4.79 Å². The van der Waals surface area contributed by atoms with Crippen LogP contribution in [0.25, 0.3) is 0 Å². The predicted molar refractivity (Wildman–Crippen MR) is 80.1 cm³/mol. The summed E-state index contributed by atoms with van der Waals surface area (Å²) < 4.78 is 28.5. The van der Waals surface area contributed by atoms with Gasteiger partial charge in [-0.15, -0.1) is 0 Å². The van der Waals surface area contributed by atoms with Crippen LogP contribution in [0.4, 0.5) is 8.78 Å². The van der Waals surface area contributed by atoms with Gasteiger partial charge in [0.1, 0.15) is 5.75 Å². The third-order valence-corrected chi connectivity index (χ3v) is 3.21. The molecular weight excluding hydrogens is 302 g/mol. The van der Waals surface area contributed by atoms with Gasteiger partial charge >= 0.3 is 6.61 Å². The lowest BCUT2D eigenvalue weighted by Gasteiger charge is -2.15. The zero-order valence-electron chi connectivity index (χ0n) is 12.3. The van der Waals surface area contributed by atoms with Crippen molar-refractivity contribution < 1.29 is 18.3 Å². The number of amides is 1. The van der Waals surface area contributed by atoms with Crippen molar-refractivity contribution >= 4 is 5.91 Å². The Balaban J connectivity index is 2.04. The summed E-state index contributed by atoms with van der Waals surface area (Å²) >= 11 is 0. The van der Waals surface area contributed by atoms with Gasteiger partial charge in [0.25, 0.3) is 5.91 Å². The van der Waals surface area contributed by atoms with Crippen LogP contribution in [0.15, 0.2) is 48.5 Å². The minimum atomic E-state index is -2.87. The van der Waals surface area contributed by atoms with Gasteiger partial charge in [-0.1, -0.05) is 18.2 Å². The van der Waals surface area contributed by atoms with E-state index in [9.17, 15) is 13.6 Å². The average molecular weight is 316 g/mol. The Hall–Kier alpha value is -2.94. The summed E-state index contributed by atoms with van der Waals surface area (Å²) in [5.74, 6) is -0.258. The summed E-state index contributed by atoms with van der Waals surface area (Å²) in [5.41, 5.74) is 1.53. The number of ether oxygens (including phenoxy) is 1. The molecular formula is C17H14F2N2O2. The monoisotopic (exact) mass is 316 g/mol. The van der Waals surface area contributed by atoms with Crippen molar-refractivity contribution in [2.45, 2.75) is 19.6 Å². The fourth-order valence-corrected chi connectivity index (χ4v) is 2.03. The minimum Gasteiger partial charge on any atom is -0.435 e. The molecule has 0 heterocycles. The van der Waals surface area contributed by atoms with Gasteiger partial charge in [-0.25, -0.2) is 0 Å². The highest BCUT2D eigenvalue weighted by Gasteiger charge is 2.12. The van der Waals surface area contributed by atoms with Gasteiger partial charge in [0, 0.05) is 5.56 Å². The number of nitrogens with one attached hydrogen (secondary N) is 1. The molecule has 1 atom stereocenters. The van der Waals surface area contributed by atoms with E-state index in [1.54, 1.807) is 37.3 Å². The van der Waals surface area contributed by atoms with Crippen molar-refractivity contribution in [1.82, 2.24) is 5.32 Å². The van der Waals surface area contributed by atoms with E-state index in [1.807, 2.05) is 6.07 Å². The third-order valence-electron chi connectivity index (χ3n) is 3.21. The van der Waals surface area contributed by atoms with Crippen molar-refractivity contribution in [3.8, 4) is 11.8 Å². The van der Waals surface area contributed by atoms with Crippen LogP contribution < -0.4 is 10.1 Å². The zero-order chi connectivity index (χ0) is 16.8. The first-order chi connectivity index (χ1) is 11.0. The van der Waals surface area contributed by atoms with Crippen LogP contribution in [0.2, 0.25) is 0 Å². The summed E-state index contributed by atoms with van der Waals surface area (Å²) in [6, 6.07) is 14.1. The van der Waals surface area contributed by atoms with E-state index in [1.165, 1.54) is 18.2 Å². The Labute approximate surface area is 132 Å². The molecule has 0 aromatic heterocycles. The molecule has 0 bridgehead atoms. The molecule has 6 heteroatoms. The molecule has 4 nitrogen and oxygen atoms in total. The molecule has 2 aromatic carbocycles. The minimum absolute atomic E-state index is 0.0593. The summed E-state index contributed by atoms with van der Waals surface area (Å²) in [7, 11) is 0. The SMILES string of the molecule is CC(NC(=O)c1cccc(C#N)c1)c1ccc(OC(F)F)cc1. The van der Waals surface area contributed by atoms with Crippen molar-refractivity contribution in [3.63, 3.8) is 0 Å². The molecule has 0 fully saturated rings. The summed E-state index contributed by atoms with van der Waals surface area (Å²) in [4.78, 5) is 12.2. The number of nitrogens with zero attached hydrogens (tertiary/aromatic N) is 1. The average Bonchev–Trinajstić information content (AvgIpc) is 2.55. The Bertz CT molecular complexity index is 724. The number of carbonyl (C=O) groups is 1. The van der Waals surface area contributed by atoms with Gasteiger partial charge in [0.2, 0.25) is 0 Å². The maximum atomic E-state index is 12.2. The molecule has 2 aromatic rings. The smallest absolute Gasteiger partial charge is 0.387 e. The second-order valence-electron chi connectivity index (χ2n) is 4.84. The van der Waals surface area contributed by atoms with Crippen molar-refractivity contribution in [2.24, 2.45) is 0 Å². The quantitative estimate of drug-likeness (QED) is 0.916. The maximum Gasteiger partial charge on any atom is 0.387 e. The molecule has 1 amide bonds. The number of alkyl halides is 2. The summed E-state index contributed by atoms with van der Waals surface area (Å²) in [6.45, 7) is -1.10. The lowest BCUT2D eigenvalue weighted by molar-refractivity contribution is -0.0498. The van der Waals surface area contributed by atoms with Crippen LogP contribution >= 0.6 is 0 Å². The molecule has 23 heavy (non-hydrogen) atoms. The van der Waals surface area contributed by atoms with Crippen LogP contribution in [0, 0.1) is 11.3 Å². The first-order valence-corrected chi connectivity index (χ1v) is 6.85. The van der Waals surface area contributed by atoms with Crippen molar-refractivity contribution in [2.75, 3.05) is 0 Å². The lowest BCUT2D eigenvalue weighted by atomic mass is 10.1. The maximum absolute atomic E-state index is 12.2. The molecule has 1 N–H and O–H groups in total. The van der Waals surface area contributed by atoms with E-state index >= 15 is 0 Å². The normalized spacial score (nSPS) is 11.6. The second-order valence-corrected chi connectivity index (χ2v) is 4.84. The zero-order valence-corrected chi connectivity index (χ0v) is 12.3. The topological polar surface area (TPSA) is 62.1 Å². The highest BCUT2D eigenvalue weighted by Crippen LogP contribution is 2.19. The Morgan fingerprint density at radius 2 is 1.91 bits per heavy atom. The molecule has 118 valence electrons. The number of hydrogen-bond acceptors (Lipinski definition) is 3. The first kappa shape index (κ1) is 16.4. The fraction of sp³-hybridized carbons (Fsp3) is 0.176. The number of hydrogen-bond donors (Lipinski definition) is 1. The second kappa shape index (κ2) is 7.36. The number of halogens is 2. The Kier molecular flexibility index (Phi) is 5.26. The number of carbonyl (C=O) groups excluding carboxylic acids is 1. The largest absolute Gasteiger partial charge is 0.435 e. The number of nitriles is 1. The molecule has 2 rings (SSSR count). The van der Waals surface area contributed by atoms with Crippen molar-refractivity contribution in [3.05, 3.63) is 65.2 Å². The molecule has 0 radical (unpaired) electrons. The van der Waals surface area contributed by atoms with Crippen molar-refractivity contribution in [1.29, 1.82) is 5.26 Å². The van der Waals surface area contributed by atoms with E-state index in [0.717, 1.165) is 5.56 Å². The summed E-state index contributed by atoms with van der Waals surface area (Å²) in [6.07, 6.45) is 0. The van der Waals surface area contributed by atoms with Crippen LogP contribution in [0.3, 0.4) is 0 Å². The highest BCUT2D eigenvalue weighted by molar-refractivity contribution is 5.94. The van der Waals surface area contributed by atoms with E-state index in [0.29, 0.717) is 11.1 Å². The number of rotatable bonds is 5. The third kappa shape index (κ3) is 4.51. The van der Waals surface area contributed by atoms with Gasteiger partial charge in [0.05, 0.1) is 17.7 Å². The van der Waals surface area contributed by atoms with Crippen LogP contribution in [-0.2, 0) is 0 Å². The van der Waals surface area contributed by atoms with Crippen LogP contribution in [-0.4, -0.2) is 12.5 Å². The van der Waals surface area contributed by atoms with Crippen LogP contribution in [0.5, 0.6) is 5.75 Å². The van der Waals surface area contributed by atoms with Gasteiger partial charge in [0.15, 0.2) is 0 Å². The molecule has 1 unspecified atom stereocenters. The van der Waals surface area contributed by atoms with E-state index in [2.05, 4.69) is 10.1 Å². The molecule has 0 spiro atoms. The highest BCUT2D eigenvalue weighted by atomic mass is 19.3. The van der Waals surface area contributed by atoms with Gasteiger partial charge in [-0.2, -0.15) is 14.0 Å². The Morgan fingerprint density at radius 1 is 1.22 bits per heavy atom. The fourth-order valence-electron chi connectivity index (χ4n) is 2.03. The van der Waals surface area contributed by atoms with E-state index in [-0.39, 0.29) is 17.7 Å². The first-order valence-electron chi connectivity index (χ1n) is 6.85. The van der Waals surface area contributed by atoms with Crippen LogP contribution in [0.1, 0.15) is 34.5 Å². The predicted octanol–water partition coefficient (Wildman–Crippen LogP) is 3.65. The summed E-state index contributed by atoms with van der Waals surface area (Å²) in [5, 5.41) is 11.6. The number of benzene rings is 2. The standard InChI is InChI=1S/C17H14F2N2O2/c1-11(13-5-7-15(8-6-13)23-17(18)19)21-16(22)14-4-2-3-12(9-14)10-20/h2-9,11,17H,1H3,(H,21,22). The molecule has 0 aliphatic heterocycles. The van der Waals surface area contributed by atoms with E-state index in [4.69, 9.17) is 5.26 Å². The van der Waals surface area contributed by atoms with Gasteiger partial charge < -0.3 is 10.1 Å².